The van der Waals surface area contributed by atoms with Gasteiger partial charge in [0, 0.05) is 5.92 Å². The predicted molar refractivity (Wildman–Crippen MR) is 59.2 cm³/mol. The molecule has 0 saturated carbocycles. The Kier molecular flexibility index (Phi) is 2.61. The number of carbonyl (C=O) groups is 1. The zero-order valence-electron chi connectivity index (χ0n) is 8.76. The number of rotatable bonds is 2. The molecule has 5 nitrogen and oxygen atoms in total. The number of fused-ring (bicyclic) bond motifs is 2. The molecular weight excluding hydrogens is 226 g/mol. The van der Waals surface area contributed by atoms with Gasteiger partial charge in [0.05, 0.1) is 12.2 Å². The standard InChI is InChI=1S/C10H13N3O2S/c14-9(12-10-13-11-5-16-10)6-3-7-1-2-8(4-6)15-7/h5-8H,1-4H2,(H,12,13,14)/t6?,7-,8+. The van der Waals surface area contributed by atoms with Crippen molar-refractivity contribution in [2.24, 2.45) is 5.92 Å². The maximum atomic E-state index is 12.0. The Morgan fingerprint density at radius 1 is 1.44 bits per heavy atom. The number of anilines is 1. The molecule has 1 aromatic heterocycles. The first-order chi connectivity index (χ1) is 7.81. The number of carbonyl (C=O) groups excluding carboxylic acids is 1. The summed E-state index contributed by atoms with van der Waals surface area (Å²) in [4.78, 5) is 12.0. The highest BCUT2D eigenvalue weighted by Gasteiger charge is 2.38. The third-order valence-electron chi connectivity index (χ3n) is 3.25. The summed E-state index contributed by atoms with van der Waals surface area (Å²) < 4.78 is 5.71. The Morgan fingerprint density at radius 2 is 2.19 bits per heavy atom. The van der Waals surface area contributed by atoms with Crippen LogP contribution >= 0.6 is 11.3 Å². The van der Waals surface area contributed by atoms with Crippen molar-refractivity contribution < 1.29 is 9.53 Å². The highest BCUT2D eigenvalue weighted by Crippen LogP contribution is 2.36. The van der Waals surface area contributed by atoms with Gasteiger partial charge in [0.25, 0.3) is 0 Å². The summed E-state index contributed by atoms with van der Waals surface area (Å²) in [6.07, 6.45) is 4.50. The Labute approximate surface area is 97.2 Å². The fraction of sp³-hybridized carbons (Fsp3) is 0.700. The summed E-state index contributed by atoms with van der Waals surface area (Å²) in [7, 11) is 0. The molecule has 2 aliphatic heterocycles. The lowest BCUT2D eigenvalue weighted by molar-refractivity contribution is -0.125. The molecule has 1 unspecified atom stereocenters. The van der Waals surface area contributed by atoms with Crippen LogP contribution < -0.4 is 5.32 Å². The second-order valence-electron chi connectivity index (χ2n) is 4.36. The first-order valence-electron chi connectivity index (χ1n) is 5.54. The van der Waals surface area contributed by atoms with Gasteiger partial charge in [-0.1, -0.05) is 11.3 Å². The molecule has 2 bridgehead atoms. The third kappa shape index (κ3) is 1.94. The van der Waals surface area contributed by atoms with Gasteiger partial charge in [0.1, 0.15) is 5.51 Å². The smallest absolute Gasteiger partial charge is 0.229 e. The Balaban J connectivity index is 1.63. The average Bonchev–Trinajstić information content (AvgIpc) is 2.89. The van der Waals surface area contributed by atoms with Gasteiger partial charge in [-0.3, -0.25) is 4.79 Å². The predicted octanol–water partition coefficient (Wildman–Crippen LogP) is 1.43. The lowest BCUT2D eigenvalue weighted by Crippen LogP contribution is -2.33. The molecule has 3 atom stereocenters. The lowest BCUT2D eigenvalue weighted by Gasteiger charge is -2.26. The summed E-state index contributed by atoms with van der Waals surface area (Å²) in [5.74, 6) is 0.145. The van der Waals surface area contributed by atoms with Crippen molar-refractivity contribution in [1.82, 2.24) is 10.2 Å². The van der Waals surface area contributed by atoms with Crippen LogP contribution in [0, 0.1) is 5.92 Å². The van der Waals surface area contributed by atoms with E-state index in [1.807, 2.05) is 0 Å². The van der Waals surface area contributed by atoms with Crippen LogP contribution in [0.25, 0.3) is 0 Å². The first kappa shape index (κ1) is 10.2. The van der Waals surface area contributed by atoms with E-state index in [0.29, 0.717) is 17.3 Å². The second-order valence-corrected chi connectivity index (χ2v) is 5.19. The quantitative estimate of drug-likeness (QED) is 0.848. The molecule has 1 amide bonds. The number of hydrogen-bond acceptors (Lipinski definition) is 5. The second kappa shape index (κ2) is 4.10. The van der Waals surface area contributed by atoms with E-state index in [4.69, 9.17) is 4.74 Å². The molecule has 1 N–H and O–H groups in total. The van der Waals surface area contributed by atoms with Crippen molar-refractivity contribution in [3.63, 3.8) is 0 Å². The molecule has 86 valence electrons. The minimum absolute atomic E-state index is 0.0666. The number of amides is 1. The lowest BCUT2D eigenvalue weighted by atomic mass is 9.95. The summed E-state index contributed by atoms with van der Waals surface area (Å²) in [5.41, 5.74) is 1.61. The molecule has 0 aromatic carbocycles. The number of nitrogens with one attached hydrogen (secondary N) is 1. The molecule has 3 heterocycles. The topological polar surface area (TPSA) is 64.1 Å². The van der Waals surface area contributed by atoms with Gasteiger partial charge in [-0.15, -0.1) is 10.2 Å². The Bertz CT molecular complexity index is 369. The van der Waals surface area contributed by atoms with E-state index in [1.165, 1.54) is 11.3 Å². The molecule has 0 aliphatic carbocycles. The minimum atomic E-state index is 0.0666. The van der Waals surface area contributed by atoms with Crippen LogP contribution in [0.1, 0.15) is 25.7 Å². The molecule has 16 heavy (non-hydrogen) atoms. The van der Waals surface area contributed by atoms with Crippen LogP contribution in [0.3, 0.4) is 0 Å². The number of aromatic nitrogens is 2. The van der Waals surface area contributed by atoms with Crippen molar-refractivity contribution in [3.8, 4) is 0 Å². The van der Waals surface area contributed by atoms with Crippen LogP contribution in [0.5, 0.6) is 0 Å². The summed E-state index contributed by atoms with van der Waals surface area (Å²) in [6, 6.07) is 0. The molecular formula is C10H13N3O2S. The van der Waals surface area contributed by atoms with Crippen molar-refractivity contribution in [2.75, 3.05) is 5.32 Å². The van der Waals surface area contributed by atoms with E-state index < -0.39 is 0 Å². The number of hydrogen-bond donors (Lipinski definition) is 1. The van der Waals surface area contributed by atoms with E-state index in [1.54, 1.807) is 5.51 Å². The van der Waals surface area contributed by atoms with Crippen LogP contribution in [0.15, 0.2) is 5.51 Å². The van der Waals surface area contributed by atoms with Gasteiger partial charge < -0.3 is 10.1 Å². The SMILES string of the molecule is O=C(Nc1nncs1)C1C[C@H]2CC[C@@H](C1)O2. The molecule has 1 aromatic rings. The molecule has 0 spiro atoms. The fourth-order valence-electron chi connectivity index (χ4n) is 2.51. The van der Waals surface area contributed by atoms with Crippen molar-refractivity contribution >= 4 is 22.4 Å². The molecule has 2 aliphatic rings. The van der Waals surface area contributed by atoms with Crippen molar-refractivity contribution in [2.45, 2.75) is 37.9 Å². The van der Waals surface area contributed by atoms with Gasteiger partial charge in [-0.25, -0.2) is 0 Å². The summed E-state index contributed by atoms with van der Waals surface area (Å²) in [6.45, 7) is 0. The summed E-state index contributed by atoms with van der Waals surface area (Å²) >= 11 is 1.35. The van der Waals surface area contributed by atoms with E-state index in [2.05, 4.69) is 15.5 Å². The van der Waals surface area contributed by atoms with Gasteiger partial charge in [0.15, 0.2) is 0 Å². The summed E-state index contributed by atoms with van der Waals surface area (Å²) in [5, 5.41) is 10.9. The van der Waals surface area contributed by atoms with Crippen LogP contribution in [0.2, 0.25) is 0 Å². The Morgan fingerprint density at radius 3 is 2.81 bits per heavy atom. The van der Waals surface area contributed by atoms with Gasteiger partial charge in [0.2, 0.25) is 11.0 Å². The number of ether oxygens (including phenoxy) is 1. The highest BCUT2D eigenvalue weighted by molar-refractivity contribution is 7.13. The van der Waals surface area contributed by atoms with E-state index in [9.17, 15) is 4.79 Å². The Hall–Kier alpha value is -1.01. The largest absolute Gasteiger partial charge is 0.375 e. The number of nitrogens with zero attached hydrogens (tertiary/aromatic N) is 2. The van der Waals surface area contributed by atoms with E-state index in [0.717, 1.165) is 25.7 Å². The van der Waals surface area contributed by atoms with Crippen molar-refractivity contribution in [3.05, 3.63) is 5.51 Å². The van der Waals surface area contributed by atoms with Crippen LogP contribution in [0.4, 0.5) is 5.13 Å². The van der Waals surface area contributed by atoms with Gasteiger partial charge in [-0.05, 0) is 25.7 Å². The van der Waals surface area contributed by atoms with E-state index >= 15 is 0 Å². The average molecular weight is 239 g/mol. The normalized spacial score (nSPS) is 32.6. The maximum absolute atomic E-state index is 12.0. The first-order valence-corrected chi connectivity index (χ1v) is 6.41. The molecule has 2 fully saturated rings. The third-order valence-corrected chi connectivity index (χ3v) is 3.86. The van der Waals surface area contributed by atoms with Crippen LogP contribution in [-0.2, 0) is 9.53 Å². The minimum Gasteiger partial charge on any atom is -0.375 e. The molecule has 6 heteroatoms. The zero-order chi connectivity index (χ0) is 11.0. The monoisotopic (exact) mass is 239 g/mol. The van der Waals surface area contributed by atoms with Crippen molar-refractivity contribution in [1.29, 1.82) is 0 Å². The fourth-order valence-corrected chi connectivity index (χ4v) is 2.95. The molecule has 2 saturated heterocycles. The maximum Gasteiger partial charge on any atom is 0.229 e. The zero-order valence-corrected chi connectivity index (χ0v) is 9.57. The van der Waals surface area contributed by atoms with Gasteiger partial charge >= 0.3 is 0 Å². The highest BCUT2D eigenvalue weighted by atomic mass is 32.1. The van der Waals surface area contributed by atoms with Gasteiger partial charge in [-0.2, -0.15) is 0 Å². The molecule has 0 radical (unpaired) electrons. The molecule has 3 rings (SSSR count). The van der Waals surface area contributed by atoms with Crippen LogP contribution in [-0.4, -0.2) is 28.3 Å². The van der Waals surface area contributed by atoms with E-state index in [-0.39, 0.29) is 11.8 Å².